The Morgan fingerprint density at radius 1 is 1.17 bits per heavy atom. The number of carbonyl (C=O) groups is 1. The van der Waals surface area contributed by atoms with Gasteiger partial charge in [-0.1, -0.05) is 23.7 Å². The molecule has 8 nitrogen and oxygen atoms in total. The van der Waals surface area contributed by atoms with Crippen LogP contribution >= 0.6 is 11.6 Å². The first-order valence-corrected chi connectivity index (χ1v) is 9.20. The number of hydrogen-bond donors (Lipinski definition) is 3. The van der Waals surface area contributed by atoms with Gasteiger partial charge in [0.25, 0.3) is 0 Å². The number of urea groups is 1. The molecule has 0 spiro atoms. The molecule has 3 aromatic rings. The van der Waals surface area contributed by atoms with Crippen molar-refractivity contribution >= 4 is 23.3 Å². The van der Waals surface area contributed by atoms with Gasteiger partial charge >= 0.3 is 6.03 Å². The third-order valence-electron chi connectivity index (χ3n) is 4.04. The molecule has 1 heterocycles. The molecule has 0 aliphatic rings. The second kappa shape index (κ2) is 9.68. The maximum absolute atomic E-state index is 12.5. The second-order valence-electron chi connectivity index (χ2n) is 6.18. The summed E-state index contributed by atoms with van der Waals surface area (Å²) >= 11 is 5.86. The lowest BCUT2D eigenvalue weighted by Gasteiger charge is -2.16. The van der Waals surface area contributed by atoms with E-state index in [-0.39, 0.29) is 24.8 Å². The van der Waals surface area contributed by atoms with Crippen LogP contribution in [0.2, 0.25) is 5.02 Å². The Hall–Kier alpha value is -3.41. The molecule has 9 heteroatoms. The number of nitriles is 1. The van der Waals surface area contributed by atoms with E-state index in [9.17, 15) is 4.79 Å². The molecule has 0 saturated carbocycles. The Labute approximate surface area is 172 Å². The van der Waals surface area contributed by atoms with Crippen LogP contribution < -0.4 is 10.6 Å². The van der Waals surface area contributed by atoms with Crippen LogP contribution in [0.1, 0.15) is 29.0 Å². The molecule has 3 rings (SSSR count). The van der Waals surface area contributed by atoms with E-state index in [4.69, 9.17) is 26.4 Å². The Morgan fingerprint density at radius 2 is 1.90 bits per heavy atom. The highest BCUT2D eigenvalue weighted by atomic mass is 35.5. The normalized spacial score (nSPS) is 11.5. The third kappa shape index (κ3) is 5.78. The summed E-state index contributed by atoms with van der Waals surface area (Å²) in [6, 6.07) is 14.7. The third-order valence-corrected chi connectivity index (χ3v) is 4.29. The van der Waals surface area contributed by atoms with Crippen LogP contribution in [-0.2, 0) is 12.8 Å². The van der Waals surface area contributed by atoms with Gasteiger partial charge in [-0.3, -0.25) is 0 Å². The van der Waals surface area contributed by atoms with E-state index in [1.54, 1.807) is 48.5 Å². The van der Waals surface area contributed by atoms with E-state index in [1.165, 1.54) is 0 Å². The summed E-state index contributed by atoms with van der Waals surface area (Å²) in [5, 5.41) is 32.0. The number of carbonyl (C=O) groups excluding carboxylic acids is 1. The average Bonchev–Trinajstić information content (AvgIpc) is 3.19. The van der Waals surface area contributed by atoms with Gasteiger partial charge in [0.1, 0.15) is 6.04 Å². The van der Waals surface area contributed by atoms with Crippen molar-refractivity contribution in [3.05, 3.63) is 76.5 Å². The van der Waals surface area contributed by atoms with Crippen LogP contribution in [0.25, 0.3) is 0 Å². The highest BCUT2D eigenvalue weighted by molar-refractivity contribution is 6.30. The number of hydrogen-bond acceptors (Lipinski definition) is 6. The van der Waals surface area contributed by atoms with Crippen molar-refractivity contribution in [1.82, 2.24) is 15.5 Å². The van der Waals surface area contributed by atoms with Gasteiger partial charge in [0, 0.05) is 23.6 Å². The summed E-state index contributed by atoms with van der Waals surface area (Å²) in [7, 11) is 0. The van der Waals surface area contributed by atoms with Crippen LogP contribution in [0, 0.1) is 11.3 Å². The zero-order chi connectivity index (χ0) is 20.6. The highest BCUT2D eigenvalue weighted by Crippen LogP contribution is 2.19. The number of nitrogens with zero attached hydrogens (tertiary/aromatic N) is 3. The van der Waals surface area contributed by atoms with E-state index >= 15 is 0 Å². The van der Waals surface area contributed by atoms with Gasteiger partial charge in [0.15, 0.2) is 0 Å². The van der Waals surface area contributed by atoms with Crippen LogP contribution in [0.5, 0.6) is 0 Å². The Balaban J connectivity index is 1.76. The fourth-order valence-corrected chi connectivity index (χ4v) is 2.74. The molecule has 1 unspecified atom stereocenters. The van der Waals surface area contributed by atoms with Gasteiger partial charge in [-0.05, 0) is 42.0 Å². The zero-order valence-corrected chi connectivity index (χ0v) is 16.1. The van der Waals surface area contributed by atoms with E-state index in [2.05, 4.69) is 26.9 Å². The van der Waals surface area contributed by atoms with Gasteiger partial charge in [0.2, 0.25) is 11.8 Å². The number of aliphatic hydroxyl groups excluding tert-OH is 1. The number of nitrogens with one attached hydrogen (secondary N) is 2. The van der Waals surface area contributed by atoms with Crippen molar-refractivity contribution in [2.45, 2.75) is 18.9 Å². The highest BCUT2D eigenvalue weighted by Gasteiger charge is 2.22. The first kappa shape index (κ1) is 20.3. The topological polar surface area (TPSA) is 124 Å². The van der Waals surface area contributed by atoms with Gasteiger partial charge < -0.3 is 20.2 Å². The summed E-state index contributed by atoms with van der Waals surface area (Å²) in [5.41, 5.74) is 2.00. The van der Waals surface area contributed by atoms with Crippen LogP contribution in [0.15, 0.2) is 52.9 Å². The molecular weight excluding hydrogens is 394 g/mol. The molecular formula is C20H18ClN5O3. The van der Waals surface area contributed by atoms with Crippen LogP contribution in [0.3, 0.4) is 0 Å². The van der Waals surface area contributed by atoms with Gasteiger partial charge in [0.05, 0.1) is 18.2 Å². The summed E-state index contributed by atoms with van der Waals surface area (Å²) in [6.07, 6.45) is 0.605. The first-order chi connectivity index (χ1) is 14.1. The molecule has 0 aliphatic carbocycles. The lowest BCUT2D eigenvalue weighted by Crippen LogP contribution is -2.34. The van der Waals surface area contributed by atoms with E-state index in [0.717, 1.165) is 5.56 Å². The van der Waals surface area contributed by atoms with Gasteiger partial charge in [-0.25, -0.2) is 4.79 Å². The molecule has 0 aliphatic heterocycles. The number of rotatable bonds is 7. The predicted octanol–water partition coefficient (Wildman–Crippen LogP) is 3.23. The summed E-state index contributed by atoms with van der Waals surface area (Å²) in [6.45, 7) is -0.119. The number of aliphatic hydroxyl groups is 1. The predicted molar refractivity (Wildman–Crippen MR) is 106 cm³/mol. The molecule has 2 aromatic carbocycles. The number of aromatic nitrogens is 2. The minimum atomic E-state index is -0.602. The van der Waals surface area contributed by atoms with Gasteiger partial charge in [-0.2, -0.15) is 5.26 Å². The monoisotopic (exact) mass is 411 g/mol. The summed E-state index contributed by atoms with van der Waals surface area (Å²) < 4.78 is 5.58. The van der Waals surface area contributed by atoms with Crippen LogP contribution in [0.4, 0.5) is 10.5 Å². The second-order valence-corrected chi connectivity index (χ2v) is 6.61. The number of halogens is 1. The standard InChI is InChI=1S/C20H18ClN5O3/c21-15-5-7-16(8-6-15)23-20(28)24-17(19-26-25-18(29-19)9-10-27)11-13-1-3-14(12-22)4-2-13/h1-8,17,27H,9-11H2,(H2,23,24,28). The van der Waals surface area contributed by atoms with E-state index in [0.29, 0.717) is 22.7 Å². The van der Waals surface area contributed by atoms with Gasteiger partial charge in [-0.15, -0.1) is 10.2 Å². The molecule has 1 aromatic heterocycles. The molecule has 29 heavy (non-hydrogen) atoms. The minimum Gasteiger partial charge on any atom is -0.423 e. The van der Waals surface area contributed by atoms with Crippen LogP contribution in [-0.4, -0.2) is 27.9 Å². The molecule has 3 N–H and O–H groups in total. The maximum atomic E-state index is 12.5. The molecule has 1 atom stereocenters. The maximum Gasteiger partial charge on any atom is 0.319 e. The average molecular weight is 412 g/mol. The fourth-order valence-electron chi connectivity index (χ4n) is 2.61. The van der Waals surface area contributed by atoms with Crippen molar-refractivity contribution in [3.63, 3.8) is 0 Å². The number of benzene rings is 2. The molecule has 2 amide bonds. The first-order valence-electron chi connectivity index (χ1n) is 8.82. The molecule has 0 fully saturated rings. The Kier molecular flexibility index (Phi) is 6.79. The molecule has 0 bridgehead atoms. The molecule has 0 radical (unpaired) electrons. The fraction of sp³-hybridized carbons (Fsp3) is 0.200. The Morgan fingerprint density at radius 3 is 2.55 bits per heavy atom. The zero-order valence-electron chi connectivity index (χ0n) is 15.3. The van der Waals surface area contributed by atoms with Crippen molar-refractivity contribution < 1.29 is 14.3 Å². The van der Waals surface area contributed by atoms with E-state index in [1.807, 2.05) is 0 Å². The number of amides is 2. The quantitative estimate of drug-likeness (QED) is 0.548. The SMILES string of the molecule is N#Cc1ccc(CC(NC(=O)Nc2ccc(Cl)cc2)c2nnc(CCO)o2)cc1. The molecule has 148 valence electrons. The molecule has 0 saturated heterocycles. The minimum absolute atomic E-state index is 0.119. The Bertz CT molecular complexity index is 996. The van der Waals surface area contributed by atoms with Crippen molar-refractivity contribution in [3.8, 4) is 6.07 Å². The largest absolute Gasteiger partial charge is 0.423 e. The number of anilines is 1. The summed E-state index contributed by atoms with van der Waals surface area (Å²) in [4.78, 5) is 12.5. The van der Waals surface area contributed by atoms with Crippen molar-refractivity contribution in [2.24, 2.45) is 0 Å². The van der Waals surface area contributed by atoms with Crippen molar-refractivity contribution in [2.75, 3.05) is 11.9 Å². The lowest BCUT2D eigenvalue weighted by atomic mass is 10.0. The summed E-state index contributed by atoms with van der Waals surface area (Å²) in [5.74, 6) is 0.510. The lowest BCUT2D eigenvalue weighted by molar-refractivity contribution is 0.244. The smallest absolute Gasteiger partial charge is 0.319 e. The van der Waals surface area contributed by atoms with E-state index < -0.39 is 12.1 Å². The van der Waals surface area contributed by atoms with Crippen molar-refractivity contribution in [1.29, 1.82) is 5.26 Å².